The molecule has 2 N–H and O–H groups in total. The highest BCUT2D eigenvalue weighted by molar-refractivity contribution is 5.77. The highest BCUT2D eigenvalue weighted by Gasteiger charge is 2.37. The van der Waals surface area contributed by atoms with E-state index in [0.717, 1.165) is 12.0 Å². The van der Waals surface area contributed by atoms with Crippen LogP contribution in [0.15, 0.2) is 30.3 Å². The molecule has 2 atom stereocenters. The van der Waals surface area contributed by atoms with E-state index in [1.54, 1.807) is 0 Å². The third-order valence-electron chi connectivity index (χ3n) is 4.61. The SMILES string of the molecule is CC1(C)OC(CCN)CC(CC(=O)N(Cc2ccccc2)C(C)(C)C)O1. The fourth-order valence-corrected chi connectivity index (χ4v) is 3.48. The lowest BCUT2D eigenvalue weighted by molar-refractivity contribution is -0.299. The van der Waals surface area contributed by atoms with Crippen LogP contribution in [0, 0.1) is 0 Å². The summed E-state index contributed by atoms with van der Waals surface area (Å²) in [6.45, 7) is 11.2. The van der Waals surface area contributed by atoms with E-state index in [1.165, 1.54) is 0 Å². The summed E-state index contributed by atoms with van der Waals surface area (Å²) < 4.78 is 11.9. The third-order valence-corrected chi connectivity index (χ3v) is 4.61. The van der Waals surface area contributed by atoms with Crippen LogP contribution in [-0.4, -0.2) is 40.9 Å². The summed E-state index contributed by atoms with van der Waals surface area (Å²) in [5.74, 6) is -0.578. The molecule has 26 heavy (non-hydrogen) atoms. The topological polar surface area (TPSA) is 64.8 Å². The zero-order valence-electron chi connectivity index (χ0n) is 16.8. The van der Waals surface area contributed by atoms with Crippen molar-refractivity contribution in [3.63, 3.8) is 0 Å². The monoisotopic (exact) mass is 362 g/mol. The molecule has 1 aliphatic heterocycles. The van der Waals surface area contributed by atoms with Gasteiger partial charge in [-0.15, -0.1) is 0 Å². The Bertz CT molecular complexity index is 581. The first-order valence-electron chi connectivity index (χ1n) is 9.51. The van der Waals surface area contributed by atoms with E-state index < -0.39 is 5.79 Å². The van der Waals surface area contributed by atoms with E-state index in [1.807, 2.05) is 36.9 Å². The zero-order chi connectivity index (χ0) is 19.4. The van der Waals surface area contributed by atoms with Crippen molar-refractivity contribution < 1.29 is 14.3 Å². The van der Waals surface area contributed by atoms with Crippen molar-refractivity contribution in [2.24, 2.45) is 5.73 Å². The molecular weight excluding hydrogens is 328 g/mol. The van der Waals surface area contributed by atoms with Crippen molar-refractivity contribution >= 4 is 5.91 Å². The van der Waals surface area contributed by atoms with E-state index in [-0.39, 0.29) is 23.7 Å². The molecule has 1 aromatic rings. The number of hydrogen-bond donors (Lipinski definition) is 1. The second-order valence-electron chi connectivity index (χ2n) is 8.53. The van der Waals surface area contributed by atoms with Crippen LogP contribution in [0.3, 0.4) is 0 Å². The van der Waals surface area contributed by atoms with Gasteiger partial charge in [0.15, 0.2) is 5.79 Å². The molecule has 0 spiro atoms. The Morgan fingerprint density at radius 1 is 1.19 bits per heavy atom. The average Bonchev–Trinajstić information content (AvgIpc) is 2.51. The van der Waals surface area contributed by atoms with Crippen molar-refractivity contribution in [1.29, 1.82) is 0 Å². The number of carbonyl (C=O) groups is 1. The lowest BCUT2D eigenvalue weighted by Crippen LogP contribution is -2.49. The molecule has 2 unspecified atom stereocenters. The summed E-state index contributed by atoms with van der Waals surface area (Å²) in [6, 6.07) is 10.1. The van der Waals surface area contributed by atoms with Crippen molar-refractivity contribution in [3.8, 4) is 0 Å². The summed E-state index contributed by atoms with van der Waals surface area (Å²) in [5.41, 5.74) is 6.56. The molecule has 146 valence electrons. The Morgan fingerprint density at radius 2 is 1.81 bits per heavy atom. The Morgan fingerprint density at radius 3 is 2.38 bits per heavy atom. The average molecular weight is 363 g/mol. The molecule has 0 radical (unpaired) electrons. The van der Waals surface area contributed by atoms with Crippen LogP contribution in [0.4, 0.5) is 0 Å². The van der Waals surface area contributed by atoms with Gasteiger partial charge < -0.3 is 20.1 Å². The summed E-state index contributed by atoms with van der Waals surface area (Å²) in [6.07, 6.45) is 1.74. The van der Waals surface area contributed by atoms with E-state index in [2.05, 4.69) is 32.9 Å². The number of benzene rings is 1. The molecule has 1 heterocycles. The molecular formula is C21H34N2O3. The second kappa shape index (κ2) is 8.51. The minimum atomic E-state index is -0.685. The molecule has 1 aliphatic rings. The van der Waals surface area contributed by atoms with Gasteiger partial charge in [0, 0.05) is 18.5 Å². The molecule has 1 aromatic carbocycles. The Kier molecular flexibility index (Phi) is 6.83. The maximum Gasteiger partial charge on any atom is 0.225 e. The molecule has 0 aromatic heterocycles. The lowest BCUT2D eigenvalue weighted by Gasteiger charge is -2.42. The Labute approximate surface area is 157 Å². The fraction of sp³-hybridized carbons (Fsp3) is 0.667. The van der Waals surface area contributed by atoms with Gasteiger partial charge in [0.2, 0.25) is 5.91 Å². The van der Waals surface area contributed by atoms with Gasteiger partial charge in [0.25, 0.3) is 0 Å². The van der Waals surface area contributed by atoms with Gasteiger partial charge in [-0.3, -0.25) is 4.79 Å². The van der Waals surface area contributed by atoms with Crippen molar-refractivity contribution in [3.05, 3.63) is 35.9 Å². The standard InChI is InChI=1S/C21H34N2O3/c1-20(2,3)23(15-16-9-7-6-8-10-16)19(24)14-18-13-17(11-12-22)25-21(4,5)26-18/h6-10,17-18H,11-15,22H2,1-5H3. The van der Waals surface area contributed by atoms with Crippen molar-refractivity contribution in [2.75, 3.05) is 6.54 Å². The van der Waals surface area contributed by atoms with Gasteiger partial charge >= 0.3 is 0 Å². The molecule has 2 rings (SSSR count). The summed E-state index contributed by atoms with van der Waals surface area (Å²) in [5, 5.41) is 0. The van der Waals surface area contributed by atoms with Gasteiger partial charge in [-0.2, -0.15) is 0 Å². The highest BCUT2D eigenvalue weighted by Crippen LogP contribution is 2.30. The Balaban J connectivity index is 2.08. The minimum absolute atomic E-state index is 0.0405. The van der Waals surface area contributed by atoms with E-state index in [4.69, 9.17) is 15.2 Å². The summed E-state index contributed by atoms with van der Waals surface area (Å²) in [4.78, 5) is 15.1. The maximum atomic E-state index is 13.1. The maximum absolute atomic E-state index is 13.1. The molecule has 5 nitrogen and oxygen atoms in total. The molecule has 0 saturated carbocycles. The second-order valence-corrected chi connectivity index (χ2v) is 8.53. The van der Waals surface area contributed by atoms with Crippen LogP contribution in [0.25, 0.3) is 0 Å². The van der Waals surface area contributed by atoms with Gasteiger partial charge in [-0.1, -0.05) is 30.3 Å². The first kappa shape index (κ1) is 20.9. The van der Waals surface area contributed by atoms with Gasteiger partial charge in [-0.25, -0.2) is 0 Å². The number of nitrogens with two attached hydrogens (primary N) is 1. The molecule has 5 heteroatoms. The van der Waals surface area contributed by atoms with E-state index >= 15 is 0 Å². The van der Waals surface area contributed by atoms with Crippen LogP contribution in [0.2, 0.25) is 0 Å². The number of ether oxygens (including phenoxy) is 2. The number of hydrogen-bond acceptors (Lipinski definition) is 4. The van der Waals surface area contributed by atoms with Crippen LogP contribution < -0.4 is 5.73 Å². The first-order valence-corrected chi connectivity index (χ1v) is 9.51. The predicted molar refractivity (Wildman–Crippen MR) is 103 cm³/mol. The quantitative estimate of drug-likeness (QED) is 0.842. The van der Waals surface area contributed by atoms with E-state index in [9.17, 15) is 4.79 Å². The van der Waals surface area contributed by atoms with Crippen molar-refractivity contribution in [2.45, 2.75) is 84.0 Å². The Hall–Kier alpha value is -1.43. The third kappa shape index (κ3) is 6.08. The number of nitrogens with zero attached hydrogens (tertiary/aromatic N) is 1. The normalized spacial score (nSPS) is 22.8. The molecule has 0 bridgehead atoms. The predicted octanol–water partition coefficient (Wildman–Crippen LogP) is 3.46. The van der Waals surface area contributed by atoms with Gasteiger partial charge in [0.1, 0.15) is 0 Å². The van der Waals surface area contributed by atoms with Crippen LogP contribution in [0.1, 0.15) is 59.4 Å². The van der Waals surface area contributed by atoms with Crippen LogP contribution in [-0.2, 0) is 20.8 Å². The molecule has 1 fully saturated rings. The summed E-state index contributed by atoms with van der Waals surface area (Å²) >= 11 is 0. The van der Waals surface area contributed by atoms with E-state index in [0.29, 0.717) is 25.9 Å². The first-order chi connectivity index (χ1) is 12.1. The van der Waals surface area contributed by atoms with Crippen LogP contribution >= 0.6 is 0 Å². The number of carbonyl (C=O) groups excluding carboxylic acids is 1. The minimum Gasteiger partial charge on any atom is -0.347 e. The summed E-state index contributed by atoms with van der Waals surface area (Å²) in [7, 11) is 0. The number of amides is 1. The largest absolute Gasteiger partial charge is 0.347 e. The van der Waals surface area contributed by atoms with Crippen LogP contribution in [0.5, 0.6) is 0 Å². The molecule has 0 aliphatic carbocycles. The fourth-order valence-electron chi connectivity index (χ4n) is 3.48. The van der Waals surface area contributed by atoms with Gasteiger partial charge in [0.05, 0.1) is 18.6 Å². The number of rotatable bonds is 6. The lowest BCUT2D eigenvalue weighted by atomic mass is 9.99. The zero-order valence-corrected chi connectivity index (χ0v) is 16.8. The highest BCUT2D eigenvalue weighted by atomic mass is 16.7. The van der Waals surface area contributed by atoms with Gasteiger partial charge in [-0.05, 0) is 53.1 Å². The van der Waals surface area contributed by atoms with Crippen molar-refractivity contribution in [1.82, 2.24) is 4.90 Å². The molecule has 1 amide bonds. The molecule has 1 saturated heterocycles. The smallest absolute Gasteiger partial charge is 0.225 e.